The molecule has 1 heterocycles. The summed E-state index contributed by atoms with van der Waals surface area (Å²) in [5.74, 6) is -1.63. The molecule has 0 fully saturated rings. The van der Waals surface area contributed by atoms with E-state index in [1.165, 1.54) is 20.3 Å². The average Bonchev–Trinajstić information content (AvgIpc) is 2.98. The fraction of sp³-hybridized carbons (Fsp3) is 0.200. The number of carbonyl (C=O) groups is 3. The standard InChI is InChI=1S/C15H14N2O5/c1-21-14(19)11-8-12(15(20)22-2)17(16-11)9-13(18)10-6-4-3-5-7-10/h3-8H,9H2,1-2H3. The van der Waals surface area contributed by atoms with Gasteiger partial charge >= 0.3 is 11.9 Å². The van der Waals surface area contributed by atoms with Crippen LogP contribution in [0, 0.1) is 0 Å². The third-order valence-corrected chi connectivity index (χ3v) is 2.96. The Morgan fingerprint density at radius 2 is 1.68 bits per heavy atom. The molecular formula is C15H14N2O5. The summed E-state index contributed by atoms with van der Waals surface area (Å²) >= 11 is 0. The molecule has 0 bridgehead atoms. The molecule has 7 nitrogen and oxygen atoms in total. The third-order valence-electron chi connectivity index (χ3n) is 2.96. The summed E-state index contributed by atoms with van der Waals surface area (Å²) in [7, 11) is 2.41. The van der Waals surface area contributed by atoms with Crippen molar-refractivity contribution < 1.29 is 23.9 Å². The van der Waals surface area contributed by atoms with E-state index in [1.807, 2.05) is 0 Å². The number of rotatable bonds is 5. The van der Waals surface area contributed by atoms with Gasteiger partial charge in [0.1, 0.15) is 12.2 Å². The van der Waals surface area contributed by atoms with Gasteiger partial charge in [-0.1, -0.05) is 30.3 Å². The van der Waals surface area contributed by atoms with Gasteiger partial charge < -0.3 is 9.47 Å². The molecule has 7 heteroatoms. The molecule has 22 heavy (non-hydrogen) atoms. The highest BCUT2D eigenvalue weighted by Crippen LogP contribution is 2.10. The number of carbonyl (C=O) groups excluding carboxylic acids is 3. The van der Waals surface area contributed by atoms with Crippen LogP contribution in [-0.2, 0) is 16.0 Å². The van der Waals surface area contributed by atoms with E-state index >= 15 is 0 Å². The van der Waals surface area contributed by atoms with Gasteiger partial charge in [-0.3, -0.25) is 4.79 Å². The van der Waals surface area contributed by atoms with Gasteiger partial charge in [-0.25, -0.2) is 14.3 Å². The first kappa shape index (κ1) is 15.4. The zero-order chi connectivity index (χ0) is 16.1. The molecule has 0 aliphatic heterocycles. The summed E-state index contributed by atoms with van der Waals surface area (Å²) in [6, 6.07) is 9.81. The summed E-state index contributed by atoms with van der Waals surface area (Å²) < 4.78 is 10.3. The van der Waals surface area contributed by atoms with Crippen LogP contribution in [0.3, 0.4) is 0 Å². The van der Waals surface area contributed by atoms with Crippen molar-refractivity contribution in [2.45, 2.75) is 6.54 Å². The van der Waals surface area contributed by atoms with Crippen molar-refractivity contribution in [1.29, 1.82) is 0 Å². The molecule has 114 valence electrons. The van der Waals surface area contributed by atoms with Crippen LogP contribution in [0.15, 0.2) is 36.4 Å². The van der Waals surface area contributed by atoms with Gasteiger partial charge in [0.15, 0.2) is 11.5 Å². The number of Topliss-reactive ketones (excluding diaryl/α,β-unsaturated/α-hetero) is 1. The van der Waals surface area contributed by atoms with Crippen molar-refractivity contribution in [2.75, 3.05) is 14.2 Å². The molecule has 0 aliphatic rings. The molecule has 0 atom stereocenters. The van der Waals surface area contributed by atoms with Crippen LogP contribution in [0.2, 0.25) is 0 Å². The third kappa shape index (κ3) is 3.20. The zero-order valence-electron chi connectivity index (χ0n) is 12.1. The molecule has 1 aromatic carbocycles. The lowest BCUT2D eigenvalue weighted by atomic mass is 10.1. The molecule has 0 aliphatic carbocycles. The number of benzene rings is 1. The van der Waals surface area contributed by atoms with Gasteiger partial charge in [0.25, 0.3) is 0 Å². The topological polar surface area (TPSA) is 87.5 Å². The number of aromatic nitrogens is 2. The molecule has 2 aromatic rings. The Morgan fingerprint density at radius 1 is 1.05 bits per heavy atom. The largest absolute Gasteiger partial charge is 0.464 e. The first-order valence-corrected chi connectivity index (χ1v) is 6.39. The van der Waals surface area contributed by atoms with Crippen molar-refractivity contribution in [3.63, 3.8) is 0 Å². The molecule has 0 N–H and O–H groups in total. The van der Waals surface area contributed by atoms with Gasteiger partial charge in [-0.15, -0.1) is 0 Å². The van der Waals surface area contributed by atoms with E-state index in [2.05, 4.69) is 14.6 Å². The maximum absolute atomic E-state index is 12.2. The van der Waals surface area contributed by atoms with Crippen molar-refractivity contribution in [3.05, 3.63) is 53.3 Å². The second kappa shape index (κ2) is 6.66. The number of hydrogen-bond acceptors (Lipinski definition) is 6. The van der Waals surface area contributed by atoms with Crippen LogP contribution in [-0.4, -0.2) is 41.7 Å². The number of ether oxygens (including phenoxy) is 2. The van der Waals surface area contributed by atoms with Crippen LogP contribution in [0.25, 0.3) is 0 Å². The Bertz CT molecular complexity index is 706. The zero-order valence-corrected chi connectivity index (χ0v) is 12.1. The monoisotopic (exact) mass is 302 g/mol. The van der Waals surface area contributed by atoms with E-state index in [0.29, 0.717) is 5.56 Å². The average molecular weight is 302 g/mol. The SMILES string of the molecule is COC(=O)c1cc(C(=O)OC)n(CC(=O)c2ccccc2)n1. The number of hydrogen-bond donors (Lipinski definition) is 0. The van der Waals surface area contributed by atoms with Crippen molar-refractivity contribution in [2.24, 2.45) is 0 Å². The quantitative estimate of drug-likeness (QED) is 0.612. The fourth-order valence-corrected chi connectivity index (χ4v) is 1.86. The Kier molecular flexibility index (Phi) is 4.67. The molecule has 0 unspecified atom stereocenters. The smallest absolute Gasteiger partial charge is 0.358 e. The number of nitrogens with zero attached hydrogens (tertiary/aromatic N) is 2. The predicted molar refractivity (Wildman–Crippen MR) is 75.7 cm³/mol. The Morgan fingerprint density at radius 3 is 2.27 bits per heavy atom. The van der Waals surface area contributed by atoms with Gasteiger partial charge in [0, 0.05) is 11.6 Å². The van der Waals surface area contributed by atoms with Gasteiger partial charge in [0.05, 0.1) is 14.2 Å². The Hall–Kier alpha value is -2.96. The van der Waals surface area contributed by atoms with E-state index in [9.17, 15) is 14.4 Å². The number of ketones is 1. The number of esters is 2. The molecule has 2 rings (SSSR count). The lowest BCUT2D eigenvalue weighted by Crippen LogP contribution is -2.18. The Labute approximate surface area is 126 Å². The van der Waals surface area contributed by atoms with Gasteiger partial charge in [-0.05, 0) is 0 Å². The predicted octanol–water partition coefficient (Wildman–Crippen LogP) is 1.34. The van der Waals surface area contributed by atoms with Crippen LogP contribution in [0.5, 0.6) is 0 Å². The molecule has 0 saturated heterocycles. The summed E-state index contributed by atoms with van der Waals surface area (Å²) in [6.07, 6.45) is 0. The first-order valence-electron chi connectivity index (χ1n) is 6.39. The number of methoxy groups -OCH3 is 2. The van der Waals surface area contributed by atoms with Crippen molar-refractivity contribution >= 4 is 17.7 Å². The fourth-order valence-electron chi connectivity index (χ4n) is 1.86. The molecule has 0 saturated carbocycles. The minimum Gasteiger partial charge on any atom is -0.464 e. The van der Waals surface area contributed by atoms with E-state index in [4.69, 9.17) is 0 Å². The second-order valence-electron chi connectivity index (χ2n) is 4.34. The van der Waals surface area contributed by atoms with Gasteiger partial charge in [-0.2, -0.15) is 5.10 Å². The van der Waals surface area contributed by atoms with Crippen LogP contribution in [0.1, 0.15) is 31.3 Å². The van der Waals surface area contributed by atoms with E-state index in [1.54, 1.807) is 30.3 Å². The summed E-state index contributed by atoms with van der Waals surface area (Å²) in [6.45, 7) is -0.189. The normalized spacial score (nSPS) is 10.1. The maximum Gasteiger partial charge on any atom is 0.358 e. The molecular weight excluding hydrogens is 288 g/mol. The van der Waals surface area contributed by atoms with Crippen LogP contribution < -0.4 is 0 Å². The summed E-state index contributed by atoms with van der Waals surface area (Å²) in [5.41, 5.74) is 0.421. The minimum atomic E-state index is -0.698. The van der Waals surface area contributed by atoms with Crippen LogP contribution in [0.4, 0.5) is 0 Å². The van der Waals surface area contributed by atoms with Crippen LogP contribution >= 0.6 is 0 Å². The molecule has 1 aromatic heterocycles. The lowest BCUT2D eigenvalue weighted by molar-refractivity contribution is 0.0580. The minimum absolute atomic E-state index is 0.00665. The Balaban J connectivity index is 2.32. The lowest BCUT2D eigenvalue weighted by Gasteiger charge is -2.05. The van der Waals surface area contributed by atoms with E-state index in [0.717, 1.165) is 4.68 Å². The van der Waals surface area contributed by atoms with E-state index in [-0.39, 0.29) is 23.7 Å². The molecule has 0 amide bonds. The van der Waals surface area contributed by atoms with Crippen molar-refractivity contribution in [1.82, 2.24) is 9.78 Å². The highest BCUT2D eigenvalue weighted by atomic mass is 16.5. The molecule has 0 spiro atoms. The highest BCUT2D eigenvalue weighted by molar-refractivity contribution is 5.97. The molecule has 0 radical (unpaired) electrons. The second-order valence-corrected chi connectivity index (χ2v) is 4.34. The van der Waals surface area contributed by atoms with Gasteiger partial charge in [0.2, 0.25) is 0 Å². The maximum atomic E-state index is 12.2. The van der Waals surface area contributed by atoms with E-state index < -0.39 is 11.9 Å². The van der Waals surface area contributed by atoms with Crippen molar-refractivity contribution in [3.8, 4) is 0 Å². The summed E-state index contributed by atoms with van der Waals surface area (Å²) in [4.78, 5) is 35.4. The highest BCUT2D eigenvalue weighted by Gasteiger charge is 2.21. The summed E-state index contributed by atoms with van der Waals surface area (Å²) in [5, 5.41) is 3.94. The first-order chi connectivity index (χ1) is 10.6.